The van der Waals surface area contributed by atoms with Crippen molar-refractivity contribution in [2.24, 2.45) is 0 Å². The van der Waals surface area contributed by atoms with E-state index >= 15 is 0 Å². The molecule has 1 aromatic rings. The van der Waals surface area contributed by atoms with E-state index in [0.717, 1.165) is 7.05 Å². The largest absolute Gasteiger partial charge is 0.595 e. The van der Waals surface area contributed by atoms with Gasteiger partial charge in [-0.2, -0.15) is 5.23 Å². The highest BCUT2D eigenvalue weighted by atomic mass is 17.2. The molecule has 0 heterocycles. The molecule has 0 spiro atoms. The normalized spacial score (nSPS) is 14.2. The fourth-order valence-corrected chi connectivity index (χ4v) is 0.854. The zero-order valence-corrected chi connectivity index (χ0v) is 7.04. The average molecular weight is 187 g/mol. The predicted molar refractivity (Wildman–Crippen MR) is 43.1 cm³/mol. The third kappa shape index (κ3) is 2.74. The maximum Gasteiger partial charge on any atom is 0.243 e. The Morgan fingerprint density at radius 1 is 1.31 bits per heavy atom. The Balaban J connectivity index is 2.81. The van der Waals surface area contributed by atoms with Crippen molar-refractivity contribution < 1.29 is 20.6 Å². The van der Waals surface area contributed by atoms with Gasteiger partial charge in [-0.3, -0.25) is 0 Å². The summed E-state index contributed by atoms with van der Waals surface area (Å²) in [5, 5.41) is 28.1. The zero-order valence-electron chi connectivity index (χ0n) is 7.04. The number of rotatable bonds is 3. The van der Waals surface area contributed by atoms with E-state index in [1.54, 1.807) is 18.2 Å². The van der Waals surface area contributed by atoms with Crippen molar-refractivity contribution >= 4 is 5.69 Å². The minimum Gasteiger partial charge on any atom is -0.595 e. The van der Waals surface area contributed by atoms with Crippen molar-refractivity contribution in [3.05, 3.63) is 35.5 Å². The molecule has 0 fully saturated rings. The van der Waals surface area contributed by atoms with E-state index < -0.39 is 10.2 Å². The molecule has 0 amide bonds. The SMILES string of the molecule is C[NH+]([O-])O[N+](O)(O)c1ccccc1. The van der Waals surface area contributed by atoms with Crippen LogP contribution in [0.4, 0.5) is 5.69 Å². The van der Waals surface area contributed by atoms with Gasteiger partial charge in [-0.15, -0.1) is 10.4 Å². The Morgan fingerprint density at radius 2 is 1.85 bits per heavy atom. The van der Waals surface area contributed by atoms with Crippen molar-refractivity contribution in [2.45, 2.75) is 0 Å². The summed E-state index contributed by atoms with van der Waals surface area (Å²) >= 11 is 0. The Kier molecular flexibility index (Phi) is 2.94. The van der Waals surface area contributed by atoms with Gasteiger partial charge in [-0.25, -0.2) is 0 Å². The van der Waals surface area contributed by atoms with Crippen molar-refractivity contribution in [3.63, 3.8) is 0 Å². The maximum absolute atomic E-state index is 10.5. The quantitative estimate of drug-likeness (QED) is 0.445. The standard InChI is InChI=1S/C7H11N2O4/c1-8(10)13-9(11,12)7-5-3-2-4-6-7/h2-6,8,11-12H,1H3/q+1. The number of nitrogens with zero attached hydrogens (tertiary/aromatic N) is 1. The number of benzene rings is 1. The summed E-state index contributed by atoms with van der Waals surface area (Å²) in [4.78, 5) is 2.35. The molecule has 0 bridgehead atoms. The van der Waals surface area contributed by atoms with Crippen molar-refractivity contribution in [3.8, 4) is 0 Å². The second kappa shape index (κ2) is 3.79. The summed E-state index contributed by atoms with van der Waals surface area (Å²) in [6.45, 7) is 0. The third-order valence-corrected chi connectivity index (χ3v) is 1.35. The van der Waals surface area contributed by atoms with Gasteiger partial charge in [0.25, 0.3) is 0 Å². The van der Waals surface area contributed by atoms with E-state index in [4.69, 9.17) is 0 Å². The fraction of sp³-hybridized carbons (Fsp3) is 0.143. The van der Waals surface area contributed by atoms with Gasteiger partial charge in [0.15, 0.2) is 4.97 Å². The highest BCUT2D eigenvalue weighted by molar-refractivity contribution is 5.35. The monoisotopic (exact) mass is 187 g/mol. The zero-order chi connectivity index (χ0) is 9.90. The van der Waals surface area contributed by atoms with E-state index in [2.05, 4.69) is 4.94 Å². The van der Waals surface area contributed by atoms with Crippen LogP contribution in [0.15, 0.2) is 30.3 Å². The summed E-state index contributed by atoms with van der Waals surface area (Å²) in [5.41, 5.74) is 0.0534. The summed E-state index contributed by atoms with van der Waals surface area (Å²) in [6, 6.07) is 7.74. The summed E-state index contributed by atoms with van der Waals surface area (Å²) in [7, 11) is 1.09. The van der Waals surface area contributed by atoms with Gasteiger partial charge in [0.1, 0.15) is 7.05 Å². The molecule has 1 unspecified atom stereocenters. The van der Waals surface area contributed by atoms with E-state index in [1.807, 2.05) is 0 Å². The molecular weight excluding hydrogens is 176 g/mol. The van der Waals surface area contributed by atoms with Crippen molar-refractivity contribution in [1.29, 1.82) is 0 Å². The number of hydrogen-bond acceptors (Lipinski definition) is 4. The minimum absolute atomic E-state index is 0.0534. The predicted octanol–water partition coefficient (Wildman–Crippen LogP) is -0.369. The summed E-state index contributed by atoms with van der Waals surface area (Å²) < 4.78 is 0. The van der Waals surface area contributed by atoms with Crippen LogP contribution in [-0.4, -0.2) is 17.5 Å². The van der Waals surface area contributed by atoms with Crippen molar-refractivity contribution in [2.75, 3.05) is 7.05 Å². The van der Waals surface area contributed by atoms with Gasteiger partial charge in [-0.1, -0.05) is 18.2 Å². The lowest BCUT2D eigenvalue weighted by Gasteiger charge is -2.19. The highest BCUT2D eigenvalue weighted by Crippen LogP contribution is 2.15. The number of nitrogens with one attached hydrogen (secondary N) is 1. The molecule has 0 aliphatic carbocycles. The van der Waals surface area contributed by atoms with E-state index in [-0.39, 0.29) is 5.69 Å². The Morgan fingerprint density at radius 3 is 2.31 bits per heavy atom. The molecule has 1 atom stereocenters. The van der Waals surface area contributed by atoms with Gasteiger partial charge in [0.2, 0.25) is 5.69 Å². The maximum atomic E-state index is 10.5. The molecule has 1 aromatic carbocycles. The van der Waals surface area contributed by atoms with Crippen LogP contribution in [-0.2, 0) is 4.94 Å². The topological polar surface area (TPSA) is 77.2 Å². The van der Waals surface area contributed by atoms with E-state index in [9.17, 15) is 15.6 Å². The molecule has 1 rings (SSSR count). The molecule has 6 heteroatoms. The Labute approximate surface area is 74.8 Å². The molecule has 13 heavy (non-hydrogen) atoms. The number of hydroxylamine groups is 2. The van der Waals surface area contributed by atoms with Crippen LogP contribution < -0.4 is 10.2 Å². The molecule has 6 nitrogen and oxygen atoms in total. The number of hydrogen-bond donors (Lipinski definition) is 3. The fourth-order valence-electron chi connectivity index (χ4n) is 0.854. The van der Waals surface area contributed by atoms with Crippen molar-refractivity contribution in [1.82, 2.24) is 4.97 Å². The van der Waals surface area contributed by atoms with Gasteiger partial charge in [-0.05, 0) is 0 Å². The lowest BCUT2D eigenvalue weighted by atomic mass is 10.3. The lowest BCUT2D eigenvalue weighted by Crippen LogP contribution is -3.05. The number of para-hydroxylation sites is 1. The molecule has 0 saturated carbocycles. The van der Waals surface area contributed by atoms with Crippen LogP contribution in [0, 0.1) is 5.21 Å². The Bertz CT molecular complexity index is 262. The van der Waals surface area contributed by atoms with E-state index in [1.165, 1.54) is 12.1 Å². The van der Waals surface area contributed by atoms with Crippen LogP contribution in [0.5, 0.6) is 0 Å². The second-order valence-electron chi connectivity index (χ2n) is 2.46. The molecule has 3 N–H and O–H groups in total. The number of quaternary nitrogens is 2. The first kappa shape index (κ1) is 10.1. The van der Waals surface area contributed by atoms with Gasteiger partial charge in [0, 0.05) is 12.1 Å². The lowest BCUT2D eigenvalue weighted by molar-refractivity contribution is -1.09. The smallest absolute Gasteiger partial charge is 0.243 e. The minimum atomic E-state index is -1.88. The first-order valence-electron chi connectivity index (χ1n) is 3.63. The first-order valence-corrected chi connectivity index (χ1v) is 3.63. The summed E-state index contributed by atoms with van der Waals surface area (Å²) in [5.74, 6) is 0. The molecule has 72 valence electrons. The molecule has 0 aliphatic heterocycles. The molecule has 0 aliphatic rings. The van der Waals surface area contributed by atoms with Crippen LogP contribution in [0.25, 0.3) is 0 Å². The van der Waals surface area contributed by atoms with Crippen LogP contribution in [0.1, 0.15) is 0 Å². The first-order chi connectivity index (χ1) is 6.02. The molecular formula is C7H11N2O4+. The average Bonchev–Trinajstić information content (AvgIpc) is 2.04. The van der Waals surface area contributed by atoms with Crippen LogP contribution in [0.3, 0.4) is 0 Å². The van der Waals surface area contributed by atoms with Gasteiger partial charge in [0.05, 0.1) is 4.94 Å². The molecule has 0 saturated heterocycles. The van der Waals surface area contributed by atoms with Gasteiger partial charge >= 0.3 is 0 Å². The Hall–Kier alpha value is -1.02. The molecule has 0 radical (unpaired) electrons. The van der Waals surface area contributed by atoms with E-state index in [0.29, 0.717) is 0 Å². The second-order valence-corrected chi connectivity index (χ2v) is 2.46. The van der Waals surface area contributed by atoms with Crippen LogP contribution >= 0.6 is 0 Å². The highest BCUT2D eigenvalue weighted by Gasteiger charge is 2.32. The van der Waals surface area contributed by atoms with Crippen LogP contribution in [0.2, 0.25) is 0 Å². The summed E-state index contributed by atoms with van der Waals surface area (Å²) in [6.07, 6.45) is 0. The van der Waals surface area contributed by atoms with Gasteiger partial charge < -0.3 is 5.21 Å². The third-order valence-electron chi connectivity index (χ3n) is 1.35. The molecule has 0 aromatic heterocycles.